The van der Waals surface area contributed by atoms with Gasteiger partial charge in [0.1, 0.15) is 6.10 Å². The fourth-order valence-electron chi connectivity index (χ4n) is 3.75. The highest BCUT2D eigenvalue weighted by molar-refractivity contribution is 6.06. The summed E-state index contributed by atoms with van der Waals surface area (Å²) in [6.45, 7) is 5.81. The third-order valence-corrected chi connectivity index (χ3v) is 5.45. The van der Waals surface area contributed by atoms with E-state index in [0.717, 1.165) is 56.1 Å². The second-order valence-corrected chi connectivity index (χ2v) is 7.62. The fourth-order valence-corrected chi connectivity index (χ4v) is 3.75. The zero-order valence-corrected chi connectivity index (χ0v) is 17.1. The van der Waals surface area contributed by atoms with Gasteiger partial charge >= 0.3 is 0 Å². The number of carbonyl (C=O) groups excluding carboxylic acids is 2. The Bertz CT molecular complexity index is 918. The molecule has 2 saturated heterocycles. The van der Waals surface area contributed by atoms with E-state index in [0.29, 0.717) is 17.9 Å². The first-order chi connectivity index (χ1) is 14.6. The van der Waals surface area contributed by atoms with Gasteiger partial charge < -0.3 is 25.0 Å². The van der Waals surface area contributed by atoms with Crippen molar-refractivity contribution >= 4 is 28.9 Å². The molecule has 2 N–H and O–H groups in total. The van der Waals surface area contributed by atoms with Gasteiger partial charge in [0.05, 0.1) is 13.2 Å². The minimum absolute atomic E-state index is 0.167. The molecular weight excluding hydrogens is 382 g/mol. The lowest BCUT2D eigenvalue weighted by Gasteiger charge is -2.29. The zero-order valence-electron chi connectivity index (χ0n) is 17.1. The number of hydrogen-bond acceptors (Lipinski definition) is 5. The summed E-state index contributed by atoms with van der Waals surface area (Å²) in [5.74, 6) is -0.384. The minimum Gasteiger partial charge on any atom is -0.378 e. The maximum Gasteiger partial charge on any atom is 0.255 e. The van der Waals surface area contributed by atoms with Crippen LogP contribution in [0.2, 0.25) is 0 Å². The number of aryl methyl sites for hydroxylation is 1. The van der Waals surface area contributed by atoms with Crippen LogP contribution in [0.5, 0.6) is 0 Å². The van der Waals surface area contributed by atoms with Gasteiger partial charge in [-0.15, -0.1) is 0 Å². The van der Waals surface area contributed by atoms with Crippen LogP contribution in [0, 0.1) is 6.92 Å². The lowest BCUT2D eigenvalue weighted by atomic mass is 10.1. The molecule has 0 bridgehead atoms. The monoisotopic (exact) mass is 409 g/mol. The molecule has 4 rings (SSSR count). The maximum atomic E-state index is 12.8. The Morgan fingerprint density at radius 1 is 1.03 bits per heavy atom. The number of rotatable bonds is 5. The molecule has 0 aliphatic carbocycles. The Hall–Kier alpha value is -2.90. The zero-order chi connectivity index (χ0) is 20.9. The number of morpholine rings is 1. The van der Waals surface area contributed by atoms with E-state index in [2.05, 4.69) is 21.6 Å². The van der Waals surface area contributed by atoms with Crippen LogP contribution in [0.25, 0.3) is 0 Å². The Balaban J connectivity index is 1.41. The molecule has 30 heavy (non-hydrogen) atoms. The van der Waals surface area contributed by atoms with Crippen molar-refractivity contribution in [1.29, 1.82) is 0 Å². The Morgan fingerprint density at radius 3 is 2.60 bits per heavy atom. The second-order valence-electron chi connectivity index (χ2n) is 7.62. The van der Waals surface area contributed by atoms with Crippen molar-refractivity contribution in [1.82, 2.24) is 0 Å². The Labute approximate surface area is 176 Å². The van der Waals surface area contributed by atoms with E-state index >= 15 is 0 Å². The standard InChI is InChI=1S/C23H27N3O4/c1-16-14-19(26-9-12-29-13-10-26)7-8-20(16)25-22(27)17-4-2-5-18(15-17)24-23(28)21-6-3-11-30-21/h2,4-5,7-8,14-15,21H,3,6,9-13H2,1H3,(H,24,28)(H,25,27). The van der Waals surface area contributed by atoms with E-state index in [4.69, 9.17) is 9.47 Å². The number of benzene rings is 2. The lowest BCUT2D eigenvalue weighted by Crippen LogP contribution is -2.36. The molecule has 158 valence electrons. The Kier molecular flexibility index (Phi) is 6.30. The number of hydrogen-bond donors (Lipinski definition) is 2. The van der Waals surface area contributed by atoms with E-state index in [1.165, 1.54) is 0 Å². The maximum absolute atomic E-state index is 12.8. The topological polar surface area (TPSA) is 79.9 Å². The van der Waals surface area contributed by atoms with Crippen molar-refractivity contribution in [2.75, 3.05) is 48.4 Å². The van der Waals surface area contributed by atoms with E-state index < -0.39 is 6.10 Å². The van der Waals surface area contributed by atoms with E-state index in [-0.39, 0.29) is 11.8 Å². The van der Waals surface area contributed by atoms with Crippen LogP contribution in [-0.2, 0) is 14.3 Å². The number of amides is 2. The first-order valence-electron chi connectivity index (χ1n) is 10.4. The molecule has 2 aliphatic heterocycles. The quantitative estimate of drug-likeness (QED) is 0.793. The minimum atomic E-state index is -0.407. The van der Waals surface area contributed by atoms with Crippen LogP contribution in [0.4, 0.5) is 17.1 Å². The summed E-state index contributed by atoms with van der Waals surface area (Å²) >= 11 is 0. The summed E-state index contributed by atoms with van der Waals surface area (Å²) in [7, 11) is 0. The van der Waals surface area contributed by atoms with E-state index in [1.54, 1.807) is 24.3 Å². The van der Waals surface area contributed by atoms with E-state index in [9.17, 15) is 9.59 Å². The predicted molar refractivity (Wildman–Crippen MR) is 116 cm³/mol. The summed E-state index contributed by atoms with van der Waals surface area (Å²) in [4.78, 5) is 27.3. The molecule has 2 amide bonds. The van der Waals surface area contributed by atoms with Gasteiger partial charge in [-0.2, -0.15) is 0 Å². The van der Waals surface area contributed by atoms with Crippen molar-refractivity contribution in [3.63, 3.8) is 0 Å². The molecule has 0 spiro atoms. The summed E-state index contributed by atoms with van der Waals surface area (Å²) in [5, 5.41) is 5.81. The summed E-state index contributed by atoms with van der Waals surface area (Å²) < 4.78 is 10.8. The molecule has 0 radical (unpaired) electrons. The van der Waals surface area contributed by atoms with Gasteiger partial charge in [-0.3, -0.25) is 9.59 Å². The lowest BCUT2D eigenvalue weighted by molar-refractivity contribution is -0.124. The number of carbonyl (C=O) groups is 2. The van der Waals surface area contributed by atoms with Gasteiger partial charge in [0.2, 0.25) is 0 Å². The van der Waals surface area contributed by atoms with Gasteiger partial charge in [-0.1, -0.05) is 6.07 Å². The largest absolute Gasteiger partial charge is 0.378 e. The van der Waals surface area contributed by atoms with Crippen LogP contribution in [0.15, 0.2) is 42.5 Å². The van der Waals surface area contributed by atoms with Crippen molar-refractivity contribution in [2.45, 2.75) is 25.9 Å². The molecule has 7 nitrogen and oxygen atoms in total. The summed E-state index contributed by atoms with van der Waals surface area (Å²) in [5.41, 5.74) is 3.97. The molecule has 0 saturated carbocycles. The molecule has 7 heteroatoms. The van der Waals surface area contributed by atoms with E-state index in [1.807, 2.05) is 19.1 Å². The number of nitrogens with zero attached hydrogens (tertiary/aromatic N) is 1. The van der Waals surface area contributed by atoms with Crippen molar-refractivity contribution in [3.8, 4) is 0 Å². The summed E-state index contributed by atoms with van der Waals surface area (Å²) in [6.07, 6.45) is 1.21. The molecule has 2 aliphatic rings. The highest BCUT2D eigenvalue weighted by atomic mass is 16.5. The first-order valence-corrected chi connectivity index (χ1v) is 10.4. The molecular formula is C23H27N3O4. The molecule has 2 aromatic carbocycles. The average molecular weight is 409 g/mol. The molecule has 2 fully saturated rings. The van der Waals surface area contributed by atoms with Crippen LogP contribution in [-0.4, -0.2) is 50.8 Å². The van der Waals surface area contributed by atoms with Crippen molar-refractivity contribution < 1.29 is 19.1 Å². The third-order valence-electron chi connectivity index (χ3n) is 5.45. The number of nitrogens with one attached hydrogen (secondary N) is 2. The molecule has 0 aromatic heterocycles. The summed E-state index contributed by atoms with van der Waals surface area (Å²) in [6, 6.07) is 13.0. The van der Waals surface area contributed by atoms with Gasteiger partial charge in [0.25, 0.3) is 11.8 Å². The molecule has 1 atom stereocenters. The van der Waals surface area contributed by atoms with Crippen LogP contribution >= 0.6 is 0 Å². The van der Waals surface area contributed by atoms with Crippen LogP contribution in [0.1, 0.15) is 28.8 Å². The Morgan fingerprint density at radius 2 is 1.87 bits per heavy atom. The highest BCUT2D eigenvalue weighted by Crippen LogP contribution is 2.24. The molecule has 2 heterocycles. The normalized spacial score (nSPS) is 18.8. The highest BCUT2D eigenvalue weighted by Gasteiger charge is 2.23. The van der Waals surface area contributed by atoms with Crippen LogP contribution < -0.4 is 15.5 Å². The molecule has 1 unspecified atom stereocenters. The fraction of sp³-hybridized carbons (Fsp3) is 0.391. The van der Waals surface area contributed by atoms with Gasteiger partial charge in [-0.25, -0.2) is 0 Å². The van der Waals surface area contributed by atoms with Crippen LogP contribution in [0.3, 0.4) is 0 Å². The SMILES string of the molecule is Cc1cc(N2CCOCC2)ccc1NC(=O)c1cccc(NC(=O)C2CCCO2)c1. The van der Waals surface area contributed by atoms with Crippen molar-refractivity contribution in [2.24, 2.45) is 0 Å². The smallest absolute Gasteiger partial charge is 0.255 e. The number of ether oxygens (including phenoxy) is 2. The predicted octanol–water partition coefficient (Wildman–Crippen LogP) is 3.20. The second kappa shape index (κ2) is 9.28. The molecule has 2 aromatic rings. The van der Waals surface area contributed by atoms with Gasteiger partial charge in [0.15, 0.2) is 0 Å². The van der Waals surface area contributed by atoms with Gasteiger partial charge in [0, 0.05) is 42.3 Å². The van der Waals surface area contributed by atoms with Crippen molar-refractivity contribution in [3.05, 3.63) is 53.6 Å². The number of anilines is 3. The third kappa shape index (κ3) is 4.80. The average Bonchev–Trinajstić information content (AvgIpc) is 3.31. The van der Waals surface area contributed by atoms with Gasteiger partial charge in [-0.05, 0) is 61.7 Å². The first kappa shape index (κ1) is 20.4.